The predicted molar refractivity (Wildman–Crippen MR) is 51.5 cm³/mol. The molecule has 0 amide bonds. The Hall–Kier alpha value is -1.56. The molecule has 0 bridgehead atoms. The highest BCUT2D eigenvalue weighted by atomic mass is 19.1. The van der Waals surface area contributed by atoms with Gasteiger partial charge in [0, 0.05) is 0 Å². The first-order chi connectivity index (χ1) is 6.67. The number of benzene rings is 1. The van der Waals surface area contributed by atoms with E-state index < -0.39 is 6.10 Å². The van der Waals surface area contributed by atoms with Gasteiger partial charge in [-0.2, -0.15) is 5.26 Å². The third-order valence-corrected chi connectivity index (χ3v) is 1.92. The van der Waals surface area contributed by atoms with Gasteiger partial charge in [0.25, 0.3) is 0 Å². The van der Waals surface area contributed by atoms with E-state index in [9.17, 15) is 4.39 Å². The van der Waals surface area contributed by atoms with E-state index in [1.54, 1.807) is 13.0 Å². The minimum Gasteiger partial charge on any atom is -0.476 e. The quantitative estimate of drug-likeness (QED) is 0.739. The summed E-state index contributed by atoms with van der Waals surface area (Å²) in [5, 5.41) is 8.66. The van der Waals surface area contributed by atoms with Gasteiger partial charge in [-0.05, 0) is 37.1 Å². The minimum atomic E-state index is -0.458. The zero-order valence-corrected chi connectivity index (χ0v) is 8.25. The number of ether oxygens (including phenoxy) is 1. The first-order valence-corrected chi connectivity index (χ1v) is 4.49. The average Bonchev–Trinajstić information content (AvgIpc) is 2.19. The fourth-order valence-corrected chi connectivity index (χ4v) is 1.06. The van der Waals surface area contributed by atoms with Crippen molar-refractivity contribution in [2.75, 3.05) is 0 Å². The summed E-state index contributed by atoms with van der Waals surface area (Å²) < 4.78 is 18.2. The number of hydrogen-bond donors (Lipinski definition) is 0. The molecule has 0 aliphatic carbocycles. The highest BCUT2D eigenvalue weighted by Gasteiger charge is 2.06. The molecule has 1 unspecified atom stereocenters. The summed E-state index contributed by atoms with van der Waals surface area (Å²) in [7, 11) is 0. The van der Waals surface area contributed by atoms with Crippen molar-refractivity contribution in [3.05, 3.63) is 29.6 Å². The molecule has 0 aliphatic heterocycles. The van der Waals surface area contributed by atoms with Crippen LogP contribution >= 0.6 is 0 Å². The maximum Gasteiger partial charge on any atom is 0.184 e. The molecule has 2 nitrogen and oxygen atoms in total. The molecule has 74 valence electrons. The number of hydrogen-bond acceptors (Lipinski definition) is 2. The predicted octanol–water partition coefficient (Wildman–Crippen LogP) is 2.82. The SMILES string of the molecule is CCC(C#N)Oc1ccc(F)c(C)c1. The van der Waals surface area contributed by atoms with Gasteiger partial charge in [0.2, 0.25) is 0 Å². The maximum atomic E-state index is 12.9. The summed E-state index contributed by atoms with van der Waals surface area (Å²) in [4.78, 5) is 0. The summed E-state index contributed by atoms with van der Waals surface area (Å²) in [6, 6.07) is 6.48. The van der Waals surface area contributed by atoms with Gasteiger partial charge in [-0.1, -0.05) is 6.92 Å². The Morgan fingerprint density at radius 3 is 2.79 bits per heavy atom. The molecule has 0 fully saturated rings. The third kappa shape index (κ3) is 2.46. The van der Waals surface area contributed by atoms with Crippen molar-refractivity contribution >= 4 is 0 Å². The highest BCUT2D eigenvalue weighted by molar-refractivity contribution is 5.29. The molecular formula is C11H12FNO. The van der Waals surface area contributed by atoms with E-state index in [4.69, 9.17) is 10.00 Å². The number of nitriles is 1. The molecule has 0 saturated heterocycles. The first kappa shape index (κ1) is 10.5. The van der Waals surface area contributed by atoms with Gasteiger partial charge in [0.15, 0.2) is 6.10 Å². The molecule has 0 heterocycles. The minimum absolute atomic E-state index is 0.262. The van der Waals surface area contributed by atoms with Crippen LogP contribution in [-0.4, -0.2) is 6.10 Å². The Labute approximate surface area is 82.9 Å². The molecule has 0 aromatic heterocycles. The largest absolute Gasteiger partial charge is 0.476 e. The number of nitrogens with zero attached hydrogens (tertiary/aromatic N) is 1. The van der Waals surface area contributed by atoms with Crippen molar-refractivity contribution < 1.29 is 9.13 Å². The van der Waals surface area contributed by atoms with Crippen LogP contribution in [0, 0.1) is 24.1 Å². The topological polar surface area (TPSA) is 33.0 Å². The van der Waals surface area contributed by atoms with Crippen molar-refractivity contribution in [1.29, 1.82) is 5.26 Å². The third-order valence-electron chi connectivity index (χ3n) is 1.92. The maximum absolute atomic E-state index is 12.9. The van der Waals surface area contributed by atoms with Crippen LogP contribution in [-0.2, 0) is 0 Å². The number of halogens is 1. The lowest BCUT2D eigenvalue weighted by atomic mass is 10.2. The Bertz CT molecular complexity index is 357. The lowest BCUT2D eigenvalue weighted by Crippen LogP contribution is -2.12. The van der Waals surface area contributed by atoms with Crippen LogP contribution < -0.4 is 4.74 Å². The van der Waals surface area contributed by atoms with Crippen LogP contribution in [0.4, 0.5) is 4.39 Å². The number of aryl methyl sites for hydroxylation is 1. The van der Waals surface area contributed by atoms with Crippen molar-refractivity contribution in [1.82, 2.24) is 0 Å². The fraction of sp³-hybridized carbons (Fsp3) is 0.364. The van der Waals surface area contributed by atoms with Gasteiger partial charge in [0.05, 0.1) is 0 Å². The van der Waals surface area contributed by atoms with Gasteiger partial charge in [-0.3, -0.25) is 0 Å². The Kier molecular flexibility index (Phi) is 3.47. The Balaban J connectivity index is 2.78. The molecule has 1 atom stereocenters. The fourth-order valence-electron chi connectivity index (χ4n) is 1.06. The molecule has 0 spiro atoms. The molecule has 3 heteroatoms. The Morgan fingerprint density at radius 2 is 2.29 bits per heavy atom. The van der Waals surface area contributed by atoms with Crippen LogP contribution in [0.2, 0.25) is 0 Å². The highest BCUT2D eigenvalue weighted by Crippen LogP contribution is 2.17. The normalized spacial score (nSPS) is 11.9. The molecule has 1 rings (SSSR count). The molecular weight excluding hydrogens is 181 g/mol. The van der Waals surface area contributed by atoms with E-state index in [0.717, 1.165) is 0 Å². The summed E-state index contributed by atoms with van der Waals surface area (Å²) in [6.07, 6.45) is 0.160. The summed E-state index contributed by atoms with van der Waals surface area (Å²) in [6.45, 7) is 3.53. The van der Waals surface area contributed by atoms with Crippen molar-refractivity contribution in [2.45, 2.75) is 26.4 Å². The van der Waals surface area contributed by atoms with E-state index in [-0.39, 0.29) is 5.82 Å². The lowest BCUT2D eigenvalue weighted by molar-refractivity contribution is 0.251. The van der Waals surface area contributed by atoms with E-state index in [1.807, 2.05) is 13.0 Å². The van der Waals surface area contributed by atoms with Crippen LogP contribution in [0.25, 0.3) is 0 Å². The second-order valence-electron chi connectivity index (χ2n) is 3.05. The molecule has 0 N–H and O–H groups in total. The molecule has 0 radical (unpaired) electrons. The second-order valence-corrected chi connectivity index (χ2v) is 3.05. The zero-order valence-electron chi connectivity index (χ0n) is 8.25. The summed E-state index contributed by atoms with van der Waals surface area (Å²) >= 11 is 0. The van der Waals surface area contributed by atoms with Crippen LogP contribution in [0.5, 0.6) is 5.75 Å². The van der Waals surface area contributed by atoms with Crippen molar-refractivity contribution in [3.63, 3.8) is 0 Å². The molecule has 14 heavy (non-hydrogen) atoms. The van der Waals surface area contributed by atoms with Gasteiger partial charge < -0.3 is 4.74 Å². The molecule has 1 aromatic rings. The van der Waals surface area contributed by atoms with Gasteiger partial charge in [-0.15, -0.1) is 0 Å². The molecule has 0 aliphatic rings. The van der Waals surface area contributed by atoms with Crippen LogP contribution in [0.3, 0.4) is 0 Å². The van der Waals surface area contributed by atoms with Crippen LogP contribution in [0.15, 0.2) is 18.2 Å². The average molecular weight is 193 g/mol. The monoisotopic (exact) mass is 193 g/mol. The van der Waals surface area contributed by atoms with Gasteiger partial charge in [0.1, 0.15) is 17.6 Å². The van der Waals surface area contributed by atoms with E-state index >= 15 is 0 Å². The van der Waals surface area contributed by atoms with E-state index in [2.05, 4.69) is 0 Å². The van der Waals surface area contributed by atoms with E-state index in [0.29, 0.717) is 17.7 Å². The van der Waals surface area contributed by atoms with Gasteiger partial charge in [-0.25, -0.2) is 4.39 Å². The van der Waals surface area contributed by atoms with Crippen LogP contribution in [0.1, 0.15) is 18.9 Å². The van der Waals surface area contributed by atoms with Crippen molar-refractivity contribution in [2.24, 2.45) is 0 Å². The molecule has 0 saturated carbocycles. The first-order valence-electron chi connectivity index (χ1n) is 4.49. The van der Waals surface area contributed by atoms with E-state index in [1.165, 1.54) is 12.1 Å². The smallest absolute Gasteiger partial charge is 0.184 e. The summed E-state index contributed by atoms with van der Waals surface area (Å²) in [5.41, 5.74) is 0.523. The number of rotatable bonds is 3. The standard InChI is InChI=1S/C11H12FNO/c1-3-9(7-13)14-10-4-5-11(12)8(2)6-10/h4-6,9H,3H2,1-2H3. The second kappa shape index (κ2) is 4.61. The summed E-state index contributed by atoms with van der Waals surface area (Å²) in [5.74, 6) is 0.277. The lowest BCUT2D eigenvalue weighted by Gasteiger charge is -2.10. The molecule has 1 aromatic carbocycles. The zero-order chi connectivity index (χ0) is 10.6. The Morgan fingerprint density at radius 1 is 1.57 bits per heavy atom. The van der Waals surface area contributed by atoms with Gasteiger partial charge >= 0.3 is 0 Å². The van der Waals surface area contributed by atoms with Crippen molar-refractivity contribution in [3.8, 4) is 11.8 Å².